The third-order valence-corrected chi connectivity index (χ3v) is 3.94. The summed E-state index contributed by atoms with van der Waals surface area (Å²) in [5, 5.41) is 0.724. The van der Waals surface area contributed by atoms with E-state index in [1.54, 1.807) is 0 Å². The fraction of sp³-hybridized carbons (Fsp3) is 0.222. The Balaban J connectivity index is 2.62. The fourth-order valence-corrected chi connectivity index (χ4v) is 2.94. The first-order valence-electron chi connectivity index (χ1n) is 4.47. The number of thiazole rings is 1. The first-order valence-corrected chi connectivity index (χ1v) is 6.90. The number of hydrogen-bond donors (Lipinski definition) is 2. The molecule has 2 aromatic rings. The molecule has 2 N–H and O–H groups in total. The van der Waals surface area contributed by atoms with Crippen LogP contribution in [0.15, 0.2) is 16.7 Å². The van der Waals surface area contributed by atoms with Crippen LogP contribution in [0.3, 0.4) is 0 Å². The lowest BCUT2D eigenvalue weighted by molar-refractivity contribution is 0.387. The van der Waals surface area contributed by atoms with Gasteiger partial charge in [-0.25, -0.2) is 4.98 Å². The molecule has 0 saturated carbocycles. The molecule has 7 heteroatoms. The standard InChI is InChI=1S/C9H10NO4PS/c1-5-8(10-6(2)16-5)9-7(3-4-14-9)15(11,12)13/h3-4H,1-2H3,(H2,11,12,13). The van der Waals surface area contributed by atoms with E-state index in [0.717, 1.165) is 9.88 Å². The Labute approximate surface area is 95.9 Å². The van der Waals surface area contributed by atoms with Gasteiger partial charge in [0, 0.05) is 4.88 Å². The highest BCUT2D eigenvalue weighted by Gasteiger charge is 2.27. The van der Waals surface area contributed by atoms with Gasteiger partial charge in [-0.15, -0.1) is 11.3 Å². The Morgan fingerprint density at radius 1 is 1.44 bits per heavy atom. The van der Waals surface area contributed by atoms with E-state index in [-0.39, 0.29) is 11.1 Å². The Morgan fingerprint density at radius 3 is 2.62 bits per heavy atom. The molecule has 16 heavy (non-hydrogen) atoms. The van der Waals surface area contributed by atoms with Crippen molar-refractivity contribution < 1.29 is 18.8 Å². The summed E-state index contributed by atoms with van der Waals surface area (Å²) < 4.78 is 16.3. The van der Waals surface area contributed by atoms with E-state index in [1.807, 2.05) is 13.8 Å². The van der Waals surface area contributed by atoms with Crippen LogP contribution in [0.5, 0.6) is 0 Å². The third kappa shape index (κ3) is 1.97. The molecule has 2 rings (SSSR count). The Kier molecular flexibility index (Phi) is 2.75. The Morgan fingerprint density at radius 2 is 2.12 bits per heavy atom. The molecule has 0 aliphatic rings. The summed E-state index contributed by atoms with van der Waals surface area (Å²) >= 11 is 1.46. The lowest BCUT2D eigenvalue weighted by Crippen LogP contribution is -2.04. The molecule has 2 aromatic heterocycles. The van der Waals surface area contributed by atoms with E-state index in [2.05, 4.69) is 4.98 Å². The minimum absolute atomic E-state index is 0.110. The van der Waals surface area contributed by atoms with E-state index < -0.39 is 7.60 Å². The molecule has 0 fully saturated rings. The lowest BCUT2D eigenvalue weighted by Gasteiger charge is -2.02. The molecule has 0 spiro atoms. The van der Waals surface area contributed by atoms with Crippen LogP contribution < -0.4 is 5.30 Å². The predicted molar refractivity (Wildman–Crippen MR) is 61.0 cm³/mol. The van der Waals surface area contributed by atoms with Gasteiger partial charge in [-0.05, 0) is 19.9 Å². The molecule has 0 radical (unpaired) electrons. The molecule has 0 atom stereocenters. The molecule has 5 nitrogen and oxygen atoms in total. The smallest absolute Gasteiger partial charge is 0.360 e. The van der Waals surface area contributed by atoms with Crippen molar-refractivity contribution in [3.05, 3.63) is 22.2 Å². The Hall–Kier alpha value is -0.940. The highest BCUT2D eigenvalue weighted by molar-refractivity contribution is 7.60. The highest BCUT2D eigenvalue weighted by Crippen LogP contribution is 2.39. The lowest BCUT2D eigenvalue weighted by atomic mass is 10.3. The van der Waals surface area contributed by atoms with Crippen molar-refractivity contribution in [2.75, 3.05) is 0 Å². The van der Waals surface area contributed by atoms with Gasteiger partial charge in [0.1, 0.15) is 11.0 Å². The largest absolute Gasteiger partial charge is 0.462 e. The second kappa shape index (κ2) is 3.82. The van der Waals surface area contributed by atoms with Crippen molar-refractivity contribution in [2.45, 2.75) is 13.8 Å². The summed E-state index contributed by atoms with van der Waals surface area (Å²) in [5.74, 6) is 0.162. The number of furan rings is 1. The maximum Gasteiger partial charge on any atom is 0.360 e. The number of aromatic nitrogens is 1. The molecule has 0 aromatic carbocycles. The topological polar surface area (TPSA) is 83.6 Å². The molecule has 86 valence electrons. The van der Waals surface area contributed by atoms with Crippen molar-refractivity contribution in [1.82, 2.24) is 4.98 Å². The van der Waals surface area contributed by atoms with Gasteiger partial charge in [0.15, 0.2) is 5.76 Å². The van der Waals surface area contributed by atoms with Gasteiger partial charge in [0.25, 0.3) is 0 Å². The quantitative estimate of drug-likeness (QED) is 0.804. The second-order valence-corrected chi connectivity index (χ2v) is 6.29. The zero-order valence-corrected chi connectivity index (χ0v) is 10.4. The van der Waals surface area contributed by atoms with Gasteiger partial charge in [0.2, 0.25) is 0 Å². The van der Waals surface area contributed by atoms with Crippen LogP contribution in [0.4, 0.5) is 0 Å². The first-order chi connectivity index (χ1) is 7.39. The van der Waals surface area contributed by atoms with Crippen molar-refractivity contribution in [3.8, 4) is 11.5 Å². The van der Waals surface area contributed by atoms with Gasteiger partial charge in [-0.2, -0.15) is 0 Å². The van der Waals surface area contributed by atoms with Gasteiger partial charge in [0.05, 0.1) is 11.3 Å². The maximum atomic E-state index is 11.2. The van der Waals surface area contributed by atoms with Crippen LogP contribution in [0.1, 0.15) is 9.88 Å². The predicted octanol–water partition coefficient (Wildman–Crippen LogP) is 1.82. The first kappa shape index (κ1) is 11.5. The van der Waals surface area contributed by atoms with Gasteiger partial charge in [-0.1, -0.05) is 0 Å². The maximum absolute atomic E-state index is 11.2. The summed E-state index contributed by atoms with van der Waals surface area (Å²) in [4.78, 5) is 23.4. The van der Waals surface area contributed by atoms with E-state index in [9.17, 15) is 4.57 Å². The molecule has 0 bridgehead atoms. The molecule has 0 unspecified atom stereocenters. The average Bonchev–Trinajstić information content (AvgIpc) is 2.69. The average molecular weight is 259 g/mol. The van der Waals surface area contributed by atoms with Gasteiger partial charge < -0.3 is 14.2 Å². The van der Waals surface area contributed by atoms with Crippen LogP contribution in [-0.2, 0) is 4.57 Å². The molecule has 0 aliphatic carbocycles. The summed E-state index contributed by atoms with van der Waals surface area (Å²) in [6.07, 6.45) is 1.26. The molecular formula is C9H10NO4PS. The second-order valence-electron chi connectivity index (χ2n) is 3.32. The van der Waals surface area contributed by atoms with Crippen LogP contribution >= 0.6 is 18.9 Å². The van der Waals surface area contributed by atoms with Crippen molar-refractivity contribution in [3.63, 3.8) is 0 Å². The van der Waals surface area contributed by atoms with Crippen LogP contribution in [0, 0.1) is 13.8 Å². The summed E-state index contributed by atoms with van der Waals surface area (Å²) in [5.41, 5.74) is 0.505. The van der Waals surface area contributed by atoms with E-state index >= 15 is 0 Å². The van der Waals surface area contributed by atoms with Crippen molar-refractivity contribution >= 4 is 24.2 Å². The Bertz CT molecular complexity index is 568. The van der Waals surface area contributed by atoms with Gasteiger partial charge >= 0.3 is 7.60 Å². The summed E-state index contributed by atoms with van der Waals surface area (Å²) in [6, 6.07) is 1.28. The number of rotatable bonds is 2. The number of nitrogens with zero attached hydrogens (tertiary/aromatic N) is 1. The molecule has 2 heterocycles. The normalized spacial score (nSPS) is 12.0. The zero-order valence-electron chi connectivity index (χ0n) is 8.67. The van der Waals surface area contributed by atoms with Crippen molar-refractivity contribution in [1.29, 1.82) is 0 Å². The number of aryl methyl sites for hydroxylation is 2. The molecule has 0 aliphatic heterocycles. The number of hydrogen-bond acceptors (Lipinski definition) is 4. The summed E-state index contributed by atoms with van der Waals surface area (Å²) in [6.45, 7) is 3.67. The molecular weight excluding hydrogens is 249 g/mol. The third-order valence-electron chi connectivity index (χ3n) is 2.08. The van der Waals surface area contributed by atoms with Crippen molar-refractivity contribution in [2.24, 2.45) is 0 Å². The highest BCUT2D eigenvalue weighted by atomic mass is 32.1. The minimum atomic E-state index is -4.31. The van der Waals surface area contributed by atoms with Crippen LogP contribution in [-0.4, -0.2) is 14.8 Å². The van der Waals surface area contributed by atoms with E-state index in [4.69, 9.17) is 14.2 Å². The fourth-order valence-electron chi connectivity index (χ4n) is 1.45. The van der Waals surface area contributed by atoms with E-state index in [0.29, 0.717) is 5.69 Å². The molecule has 0 amide bonds. The molecule has 0 saturated heterocycles. The van der Waals surface area contributed by atoms with Crippen LogP contribution in [0.2, 0.25) is 0 Å². The summed E-state index contributed by atoms with van der Waals surface area (Å²) in [7, 11) is -4.31. The van der Waals surface area contributed by atoms with Gasteiger partial charge in [-0.3, -0.25) is 4.57 Å². The van der Waals surface area contributed by atoms with Crippen LogP contribution in [0.25, 0.3) is 11.5 Å². The zero-order chi connectivity index (χ0) is 11.9. The van der Waals surface area contributed by atoms with E-state index in [1.165, 1.54) is 23.7 Å². The minimum Gasteiger partial charge on any atom is -0.462 e. The SMILES string of the molecule is Cc1nc(-c2occc2P(=O)(O)O)c(C)s1. The monoisotopic (exact) mass is 259 g/mol.